The summed E-state index contributed by atoms with van der Waals surface area (Å²) in [6.45, 7) is 5.76. The number of aryl methyl sites for hydroxylation is 1. The number of alkyl halides is 5. The maximum atomic E-state index is 14.1. The number of primary amides is 1. The minimum Gasteiger partial charge on any atom is -0.459 e. The van der Waals surface area contributed by atoms with Crippen molar-refractivity contribution in [3.8, 4) is 0 Å². The van der Waals surface area contributed by atoms with Crippen LogP contribution >= 0.6 is 11.3 Å². The predicted molar refractivity (Wildman–Crippen MR) is 114 cm³/mol. The first-order valence-corrected chi connectivity index (χ1v) is 10.6. The number of hydrogen-bond donors (Lipinski definition) is 2. The Morgan fingerprint density at radius 3 is 2.31 bits per heavy atom. The summed E-state index contributed by atoms with van der Waals surface area (Å²) in [5.74, 6) is -8.09. The molecule has 3 aromatic heterocycles. The van der Waals surface area contributed by atoms with E-state index >= 15 is 0 Å². The van der Waals surface area contributed by atoms with Crippen LogP contribution in [0.4, 0.5) is 27.0 Å². The van der Waals surface area contributed by atoms with Crippen molar-refractivity contribution in [2.45, 2.75) is 45.9 Å². The van der Waals surface area contributed by atoms with Crippen molar-refractivity contribution in [3.05, 3.63) is 45.2 Å². The molecule has 0 saturated heterocycles. The summed E-state index contributed by atoms with van der Waals surface area (Å²) in [5.41, 5.74) is 2.59. The number of halogens is 5. The number of nitrogens with two attached hydrogens (primary N) is 1. The molecule has 0 aliphatic rings. The lowest BCUT2D eigenvalue weighted by Crippen LogP contribution is -2.36. The zero-order valence-corrected chi connectivity index (χ0v) is 19.4. The van der Waals surface area contributed by atoms with Crippen LogP contribution < -0.4 is 11.1 Å². The summed E-state index contributed by atoms with van der Waals surface area (Å²) in [4.78, 5) is 40.9. The number of ether oxygens (including phenoxy) is 1. The van der Waals surface area contributed by atoms with Gasteiger partial charge in [0, 0.05) is 11.8 Å². The maximum Gasteiger partial charge on any atom is 0.459 e. The minimum absolute atomic E-state index is 0.0459. The molecule has 3 heterocycles. The van der Waals surface area contributed by atoms with Crippen LogP contribution in [-0.4, -0.2) is 44.7 Å². The van der Waals surface area contributed by atoms with Gasteiger partial charge in [-0.25, -0.2) is 14.3 Å². The molecule has 0 aliphatic heterocycles. The van der Waals surface area contributed by atoms with Crippen LogP contribution in [0.1, 0.15) is 61.3 Å². The molecule has 0 atom stereocenters. The van der Waals surface area contributed by atoms with Crippen LogP contribution in [0.15, 0.2) is 12.1 Å². The zero-order chi connectivity index (χ0) is 26.5. The summed E-state index contributed by atoms with van der Waals surface area (Å²) in [7, 11) is 0. The molecule has 0 aliphatic carbocycles. The number of anilines is 1. The average molecular weight is 519 g/mol. The van der Waals surface area contributed by atoms with Crippen LogP contribution in [0.25, 0.3) is 5.65 Å². The van der Waals surface area contributed by atoms with Gasteiger partial charge in [0.05, 0.1) is 16.5 Å². The Bertz CT molecular complexity index is 1350. The first kappa shape index (κ1) is 26.0. The lowest BCUT2D eigenvalue weighted by atomic mass is 10.1. The zero-order valence-electron chi connectivity index (χ0n) is 18.6. The fraction of sp³-hybridized carbons (Fsp3) is 0.350. The highest BCUT2D eigenvalue weighted by atomic mass is 32.1. The molecule has 0 radical (unpaired) electrons. The summed E-state index contributed by atoms with van der Waals surface area (Å²) in [6, 6.07) is 1.41. The van der Waals surface area contributed by atoms with E-state index in [1.165, 1.54) is 13.8 Å². The van der Waals surface area contributed by atoms with E-state index in [2.05, 4.69) is 15.4 Å². The van der Waals surface area contributed by atoms with Gasteiger partial charge >= 0.3 is 18.1 Å². The smallest absolute Gasteiger partial charge is 0.459 e. The maximum absolute atomic E-state index is 14.1. The Morgan fingerprint density at radius 2 is 1.77 bits per heavy atom. The van der Waals surface area contributed by atoms with Gasteiger partial charge in [-0.05, 0) is 39.3 Å². The Hall–Kier alpha value is -3.62. The molecule has 3 rings (SSSR count). The Morgan fingerprint density at radius 1 is 1.14 bits per heavy atom. The van der Waals surface area contributed by atoms with Crippen molar-refractivity contribution in [1.82, 2.24) is 14.6 Å². The number of aromatic nitrogens is 3. The molecule has 9 nitrogen and oxygen atoms in total. The number of thiophene rings is 1. The van der Waals surface area contributed by atoms with Gasteiger partial charge in [-0.15, -0.1) is 11.3 Å². The quantitative estimate of drug-likeness (QED) is 0.375. The molecule has 0 bridgehead atoms. The topological polar surface area (TPSA) is 129 Å². The van der Waals surface area contributed by atoms with Crippen LogP contribution in [0.5, 0.6) is 0 Å². The Balaban J connectivity index is 2.07. The van der Waals surface area contributed by atoms with E-state index < -0.39 is 53.0 Å². The molecular weight excluding hydrogens is 501 g/mol. The standard InChI is InChI=1S/C20H18F5N5O4S/c1-7(2)34-18(33)13-9(4)14(15(26)31)35-17(13)28-16(32)10-6-12-27-8(3)5-11(30(12)29-10)19(21,22)20(23,24)25/h5-7H,1-4H3,(H2,26,31)(H,28,32). The van der Waals surface area contributed by atoms with Crippen LogP contribution in [0, 0.1) is 13.8 Å². The number of nitrogens with one attached hydrogen (secondary N) is 1. The normalized spacial score (nSPS) is 12.3. The number of amides is 2. The molecule has 2 amide bonds. The number of esters is 1. The number of nitrogens with zero attached hydrogens (tertiary/aromatic N) is 3. The van der Waals surface area contributed by atoms with Gasteiger partial charge in [-0.1, -0.05) is 0 Å². The molecule has 3 aromatic rings. The van der Waals surface area contributed by atoms with E-state index in [1.54, 1.807) is 13.8 Å². The van der Waals surface area contributed by atoms with Gasteiger partial charge in [-0.3, -0.25) is 9.59 Å². The minimum atomic E-state index is -5.92. The molecule has 35 heavy (non-hydrogen) atoms. The van der Waals surface area contributed by atoms with E-state index in [9.17, 15) is 36.3 Å². The molecule has 15 heteroatoms. The predicted octanol–water partition coefficient (Wildman–Crippen LogP) is 3.98. The van der Waals surface area contributed by atoms with E-state index in [0.29, 0.717) is 17.4 Å². The number of carbonyl (C=O) groups excluding carboxylic acids is 3. The first-order chi connectivity index (χ1) is 16.0. The van der Waals surface area contributed by atoms with E-state index in [1.807, 2.05) is 0 Å². The van der Waals surface area contributed by atoms with Crippen molar-refractivity contribution >= 4 is 39.8 Å². The lowest BCUT2D eigenvalue weighted by molar-refractivity contribution is -0.291. The van der Waals surface area contributed by atoms with Crippen molar-refractivity contribution in [2.24, 2.45) is 5.73 Å². The van der Waals surface area contributed by atoms with Crippen LogP contribution in [0.3, 0.4) is 0 Å². The van der Waals surface area contributed by atoms with Crippen molar-refractivity contribution in [2.75, 3.05) is 5.32 Å². The van der Waals surface area contributed by atoms with Gasteiger partial charge in [0.15, 0.2) is 11.3 Å². The lowest BCUT2D eigenvalue weighted by Gasteiger charge is -2.20. The molecule has 0 saturated carbocycles. The summed E-state index contributed by atoms with van der Waals surface area (Å²) < 4.78 is 72.5. The average Bonchev–Trinajstić information content (AvgIpc) is 3.26. The van der Waals surface area contributed by atoms with E-state index in [4.69, 9.17) is 10.5 Å². The first-order valence-electron chi connectivity index (χ1n) is 9.82. The van der Waals surface area contributed by atoms with Crippen molar-refractivity contribution in [3.63, 3.8) is 0 Å². The van der Waals surface area contributed by atoms with Crippen molar-refractivity contribution < 1.29 is 41.1 Å². The Labute approximate surface area is 198 Å². The molecule has 0 unspecified atom stereocenters. The molecule has 0 spiro atoms. The highest BCUT2D eigenvalue weighted by molar-refractivity contribution is 7.18. The SMILES string of the molecule is Cc1cc(C(F)(F)C(F)(F)F)n2nc(C(=O)Nc3sc(C(N)=O)c(C)c3C(=O)OC(C)C)cc2n1. The summed E-state index contributed by atoms with van der Waals surface area (Å²) in [6.07, 6.45) is -6.46. The summed E-state index contributed by atoms with van der Waals surface area (Å²) >= 11 is 0.666. The fourth-order valence-electron chi connectivity index (χ4n) is 3.10. The molecule has 0 aromatic carbocycles. The second-order valence-corrected chi connectivity index (χ2v) is 8.71. The largest absolute Gasteiger partial charge is 0.459 e. The highest BCUT2D eigenvalue weighted by Gasteiger charge is 2.60. The van der Waals surface area contributed by atoms with Crippen LogP contribution in [-0.2, 0) is 10.7 Å². The number of hydrogen-bond acceptors (Lipinski definition) is 7. The van der Waals surface area contributed by atoms with E-state index in [-0.39, 0.29) is 31.2 Å². The third-order valence-corrected chi connectivity index (χ3v) is 5.83. The number of carbonyl (C=O) groups is 3. The molecule has 188 valence electrons. The Kier molecular flexibility index (Phi) is 6.59. The second kappa shape index (κ2) is 8.87. The third kappa shape index (κ3) is 4.80. The fourth-order valence-corrected chi connectivity index (χ4v) is 4.14. The van der Waals surface area contributed by atoms with Gasteiger partial charge in [0.1, 0.15) is 10.7 Å². The van der Waals surface area contributed by atoms with Crippen molar-refractivity contribution in [1.29, 1.82) is 0 Å². The molecule has 0 fully saturated rings. The van der Waals surface area contributed by atoms with Gasteiger partial charge in [0.25, 0.3) is 11.8 Å². The van der Waals surface area contributed by atoms with Crippen LogP contribution in [0.2, 0.25) is 0 Å². The molecule has 3 N–H and O–H groups in total. The number of fused-ring (bicyclic) bond motifs is 1. The second-order valence-electron chi connectivity index (χ2n) is 7.69. The van der Waals surface area contributed by atoms with Gasteiger partial charge < -0.3 is 15.8 Å². The molecular formula is C20H18F5N5O4S. The van der Waals surface area contributed by atoms with Gasteiger partial charge in [-0.2, -0.15) is 27.1 Å². The van der Waals surface area contributed by atoms with E-state index in [0.717, 1.165) is 6.07 Å². The van der Waals surface area contributed by atoms with Gasteiger partial charge in [0.2, 0.25) is 0 Å². The summed E-state index contributed by atoms with van der Waals surface area (Å²) in [5, 5.41) is 5.75. The monoisotopic (exact) mass is 519 g/mol. The third-order valence-electron chi connectivity index (χ3n) is 4.61. The highest BCUT2D eigenvalue weighted by Crippen LogP contribution is 2.44. The number of rotatable bonds is 6.